The quantitative estimate of drug-likeness (QED) is 0.404. The van der Waals surface area contributed by atoms with E-state index in [2.05, 4.69) is 0 Å². The van der Waals surface area contributed by atoms with Gasteiger partial charge in [0.1, 0.15) is 0 Å². The molecule has 0 heterocycles. The number of rotatable bonds is 6. The van der Waals surface area contributed by atoms with Crippen LogP contribution in [0.5, 0.6) is 0 Å². The maximum Gasteiger partial charge on any atom is 0.335 e. The summed E-state index contributed by atoms with van der Waals surface area (Å²) in [6.07, 6.45) is 4.69. The van der Waals surface area contributed by atoms with Gasteiger partial charge in [-0.25, -0.2) is 4.79 Å². The predicted molar refractivity (Wildman–Crippen MR) is 55.9 cm³/mol. The largest absolute Gasteiger partial charge is 0.463 e. The molecule has 0 bridgehead atoms. The number of carbonyl (C=O) groups excluding carboxylic acids is 1. The van der Waals surface area contributed by atoms with Crippen LogP contribution in [-0.4, -0.2) is 23.8 Å². The van der Waals surface area contributed by atoms with Gasteiger partial charge in [-0.1, -0.05) is 32.9 Å². The van der Waals surface area contributed by atoms with Crippen molar-refractivity contribution in [3.05, 3.63) is 12.2 Å². The maximum atomic E-state index is 11.1. The third kappa shape index (κ3) is 5.75. The molecule has 0 fully saturated rings. The molecule has 0 aliphatic heterocycles. The molecule has 1 N–H and O–H groups in total. The molecule has 0 aliphatic carbocycles. The van der Waals surface area contributed by atoms with E-state index >= 15 is 0 Å². The number of aliphatic hydroxyl groups is 1. The van der Waals surface area contributed by atoms with Crippen LogP contribution in [0, 0.1) is 5.92 Å². The lowest BCUT2D eigenvalue weighted by molar-refractivity contribution is -0.155. The first-order chi connectivity index (χ1) is 6.59. The topological polar surface area (TPSA) is 46.5 Å². The normalized spacial score (nSPS) is 13.5. The summed E-state index contributed by atoms with van der Waals surface area (Å²) in [7, 11) is 0. The van der Waals surface area contributed by atoms with Crippen molar-refractivity contribution in [1.82, 2.24) is 0 Å². The Labute approximate surface area is 85.8 Å². The van der Waals surface area contributed by atoms with Gasteiger partial charge in [0.05, 0.1) is 6.61 Å². The minimum Gasteiger partial charge on any atom is -0.463 e. The molecule has 0 aromatic carbocycles. The van der Waals surface area contributed by atoms with Crippen LogP contribution in [0.25, 0.3) is 0 Å². The van der Waals surface area contributed by atoms with E-state index in [9.17, 15) is 9.90 Å². The molecule has 0 saturated carbocycles. The molecule has 0 aromatic heterocycles. The summed E-state index contributed by atoms with van der Waals surface area (Å²) >= 11 is 0. The van der Waals surface area contributed by atoms with Crippen LogP contribution < -0.4 is 0 Å². The minimum atomic E-state index is -0.995. The number of hydrogen-bond acceptors (Lipinski definition) is 3. The van der Waals surface area contributed by atoms with E-state index in [1.807, 2.05) is 19.1 Å². The number of aliphatic hydroxyl groups excluding tert-OH is 1. The monoisotopic (exact) mass is 200 g/mol. The number of esters is 1. The van der Waals surface area contributed by atoms with Crippen molar-refractivity contribution < 1.29 is 14.6 Å². The highest BCUT2D eigenvalue weighted by atomic mass is 16.5. The lowest BCUT2D eigenvalue weighted by Crippen LogP contribution is -2.28. The molecule has 0 spiro atoms. The highest BCUT2D eigenvalue weighted by Gasteiger charge is 2.19. The Morgan fingerprint density at radius 1 is 1.43 bits per heavy atom. The van der Waals surface area contributed by atoms with E-state index in [0.29, 0.717) is 13.0 Å². The lowest BCUT2D eigenvalue weighted by atomic mass is 10.1. The average molecular weight is 200 g/mol. The molecule has 0 unspecified atom stereocenters. The summed E-state index contributed by atoms with van der Waals surface area (Å²) < 4.78 is 4.87. The summed E-state index contributed by atoms with van der Waals surface area (Å²) in [6, 6.07) is 0. The first-order valence-corrected chi connectivity index (χ1v) is 5.09. The lowest BCUT2D eigenvalue weighted by Gasteiger charge is -2.12. The Morgan fingerprint density at radius 2 is 2.07 bits per heavy atom. The van der Waals surface area contributed by atoms with Crippen molar-refractivity contribution in [2.24, 2.45) is 5.92 Å². The van der Waals surface area contributed by atoms with E-state index in [4.69, 9.17) is 4.74 Å². The second kappa shape index (κ2) is 7.56. The first-order valence-electron chi connectivity index (χ1n) is 5.09. The smallest absolute Gasteiger partial charge is 0.335 e. The van der Waals surface area contributed by atoms with Crippen molar-refractivity contribution in [2.75, 3.05) is 6.61 Å². The zero-order valence-electron chi connectivity index (χ0n) is 9.19. The minimum absolute atomic E-state index is 0.0892. The fourth-order valence-corrected chi connectivity index (χ4v) is 0.870. The van der Waals surface area contributed by atoms with Gasteiger partial charge in [-0.3, -0.25) is 0 Å². The molecule has 0 rings (SSSR count). The van der Waals surface area contributed by atoms with Crippen molar-refractivity contribution in [3.63, 3.8) is 0 Å². The van der Waals surface area contributed by atoms with Gasteiger partial charge in [0.15, 0.2) is 6.10 Å². The van der Waals surface area contributed by atoms with Crippen LogP contribution in [0.2, 0.25) is 0 Å². The molecule has 0 aromatic rings. The molecule has 0 amide bonds. The summed E-state index contributed by atoms with van der Waals surface area (Å²) in [6.45, 7) is 5.95. The van der Waals surface area contributed by atoms with Crippen LogP contribution in [0.1, 0.15) is 33.6 Å². The van der Waals surface area contributed by atoms with Crippen LogP contribution in [0.4, 0.5) is 0 Å². The molecule has 0 radical (unpaired) electrons. The number of allylic oxidation sites excluding steroid dienone is 1. The van der Waals surface area contributed by atoms with Crippen LogP contribution >= 0.6 is 0 Å². The average Bonchev–Trinajstić information content (AvgIpc) is 2.16. The molecule has 3 heteroatoms. The fourth-order valence-electron chi connectivity index (χ4n) is 0.870. The fraction of sp³-hybridized carbons (Fsp3) is 0.727. The first kappa shape index (κ1) is 13.2. The zero-order valence-corrected chi connectivity index (χ0v) is 9.19. The van der Waals surface area contributed by atoms with Gasteiger partial charge in [0.2, 0.25) is 0 Å². The van der Waals surface area contributed by atoms with Gasteiger partial charge in [-0.15, -0.1) is 0 Å². The van der Waals surface area contributed by atoms with Crippen LogP contribution in [0.15, 0.2) is 12.2 Å². The van der Waals surface area contributed by atoms with Gasteiger partial charge >= 0.3 is 5.97 Å². The third-order valence-corrected chi connectivity index (χ3v) is 1.80. The SMILES string of the molecule is CC/C=C\CCOC(=O)[C@H](O)C(C)C. The Morgan fingerprint density at radius 3 is 2.57 bits per heavy atom. The summed E-state index contributed by atoms with van der Waals surface area (Å²) in [5, 5.41) is 9.31. The van der Waals surface area contributed by atoms with Crippen molar-refractivity contribution in [3.8, 4) is 0 Å². The van der Waals surface area contributed by atoms with E-state index in [0.717, 1.165) is 6.42 Å². The van der Waals surface area contributed by atoms with Crippen molar-refractivity contribution >= 4 is 5.97 Å². The number of carbonyl (C=O) groups is 1. The van der Waals surface area contributed by atoms with Gasteiger partial charge in [0, 0.05) is 0 Å². The number of ether oxygens (including phenoxy) is 1. The van der Waals surface area contributed by atoms with Gasteiger partial charge in [-0.2, -0.15) is 0 Å². The van der Waals surface area contributed by atoms with E-state index < -0.39 is 12.1 Å². The molecule has 1 atom stereocenters. The molecule has 0 aliphatic rings. The predicted octanol–water partition coefficient (Wildman–Crippen LogP) is 1.90. The summed E-state index contributed by atoms with van der Waals surface area (Å²) in [5.41, 5.74) is 0. The van der Waals surface area contributed by atoms with Gasteiger partial charge in [0.25, 0.3) is 0 Å². The Balaban J connectivity index is 3.59. The standard InChI is InChI=1S/C11H20O3/c1-4-5-6-7-8-14-11(13)10(12)9(2)3/h5-6,9-10,12H,4,7-8H2,1-3H3/b6-5-/t10-/m1/s1. The summed E-state index contributed by atoms with van der Waals surface area (Å²) in [5.74, 6) is -0.612. The van der Waals surface area contributed by atoms with E-state index in [-0.39, 0.29) is 5.92 Å². The molecular weight excluding hydrogens is 180 g/mol. The van der Waals surface area contributed by atoms with E-state index in [1.165, 1.54) is 0 Å². The number of hydrogen-bond donors (Lipinski definition) is 1. The van der Waals surface area contributed by atoms with Crippen LogP contribution in [-0.2, 0) is 9.53 Å². The Hall–Kier alpha value is -0.830. The zero-order chi connectivity index (χ0) is 11.0. The molecular formula is C11H20O3. The highest BCUT2D eigenvalue weighted by Crippen LogP contribution is 2.03. The van der Waals surface area contributed by atoms with Crippen molar-refractivity contribution in [2.45, 2.75) is 39.7 Å². The second-order valence-electron chi connectivity index (χ2n) is 3.52. The Bertz CT molecular complexity index is 185. The van der Waals surface area contributed by atoms with Gasteiger partial charge < -0.3 is 9.84 Å². The molecule has 0 saturated heterocycles. The molecule has 14 heavy (non-hydrogen) atoms. The third-order valence-electron chi connectivity index (χ3n) is 1.80. The van der Waals surface area contributed by atoms with E-state index in [1.54, 1.807) is 13.8 Å². The molecule has 3 nitrogen and oxygen atoms in total. The molecule has 82 valence electrons. The van der Waals surface area contributed by atoms with Gasteiger partial charge in [-0.05, 0) is 18.8 Å². The van der Waals surface area contributed by atoms with Crippen LogP contribution in [0.3, 0.4) is 0 Å². The van der Waals surface area contributed by atoms with Crippen molar-refractivity contribution in [1.29, 1.82) is 0 Å². The highest BCUT2D eigenvalue weighted by molar-refractivity contribution is 5.74. The second-order valence-corrected chi connectivity index (χ2v) is 3.52. The maximum absolute atomic E-state index is 11.1. The Kier molecular flexibility index (Phi) is 7.11. The summed E-state index contributed by atoms with van der Waals surface area (Å²) in [4.78, 5) is 11.1.